The molecule has 6 rings (SSSR count). The number of ether oxygens (including phenoxy) is 1. The van der Waals surface area contributed by atoms with E-state index in [0.29, 0.717) is 47.0 Å². The van der Waals surface area contributed by atoms with Gasteiger partial charge < -0.3 is 14.5 Å². The fourth-order valence-corrected chi connectivity index (χ4v) is 7.27. The van der Waals surface area contributed by atoms with Crippen molar-refractivity contribution in [1.29, 1.82) is 0 Å². The predicted molar refractivity (Wildman–Crippen MR) is 167 cm³/mol. The van der Waals surface area contributed by atoms with Crippen molar-refractivity contribution in [2.45, 2.75) is 43.2 Å². The van der Waals surface area contributed by atoms with Crippen LogP contribution < -0.4 is 14.4 Å². The zero-order chi connectivity index (χ0) is 33.5. The summed E-state index contributed by atoms with van der Waals surface area (Å²) in [5, 5.41) is 0.518. The van der Waals surface area contributed by atoms with Gasteiger partial charge in [-0.05, 0) is 68.2 Å². The molecule has 11 nitrogen and oxygen atoms in total. The number of rotatable bonds is 8. The Morgan fingerprint density at radius 2 is 1.72 bits per heavy atom. The lowest BCUT2D eigenvalue weighted by Gasteiger charge is -2.50. The number of sulfonamides is 1. The van der Waals surface area contributed by atoms with Crippen LogP contribution in [0.1, 0.15) is 26.2 Å². The Kier molecular flexibility index (Phi) is 8.57. The zero-order valence-electron chi connectivity index (χ0n) is 25.3. The number of amides is 1. The number of aromatic nitrogens is 3. The van der Waals surface area contributed by atoms with Crippen molar-refractivity contribution in [3.8, 4) is 17.0 Å². The van der Waals surface area contributed by atoms with Crippen LogP contribution in [0.3, 0.4) is 0 Å². The summed E-state index contributed by atoms with van der Waals surface area (Å²) in [6.45, 7) is 2.16. The average Bonchev–Trinajstić information content (AvgIpc) is 3.02. The maximum atomic E-state index is 14.7. The van der Waals surface area contributed by atoms with Gasteiger partial charge in [0.1, 0.15) is 28.0 Å². The quantitative estimate of drug-likeness (QED) is 0.211. The molecule has 2 aliphatic heterocycles. The molecular formula is C32H29F3N6O5S. The number of methoxy groups -OCH3 is 1. The molecule has 47 heavy (non-hydrogen) atoms. The SMILES string of the molecule is COc1ncc(-c2ccc3nc(F)nc(N4CC5CCCC(C4)N5C(=O)/C=C/C(C)=O)c3c2)cc1NS(=O)(=O)c1ccc(F)cc1F. The van der Waals surface area contributed by atoms with Gasteiger partial charge in [-0.1, -0.05) is 6.07 Å². The van der Waals surface area contributed by atoms with Crippen molar-refractivity contribution in [3.63, 3.8) is 0 Å². The third kappa shape index (κ3) is 6.48. The van der Waals surface area contributed by atoms with Crippen LogP contribution in [-0.4, -0.2) is 72.2 Å². The fourth-order valence-electron chi connectivity index (χ4n) is 6.16. The van der Waals surface area contributed by atoms with E-state index in [1.165, 1.54) is 38.4 Å². The normalized spacial score (nSPS) is 18.1. The summed E-state index contributed by atoms with van der Waals surface area (Å²) >= 11 is 0. The standard InChI is InChI=1S/C32H29F3N6O5S/c1-18(42)6-11-29(43)41-22-4-3-5-23(41)17-40(16-22)30-24-12-19(7-9-26(24)37-32(35)38-30)20-13-27(31(46-2)36-15-20)39-47(44,45)28-10-8-21(33)14-25(28)34/h6-15,22-23,39H,3-5,16-17H2,1-2H3/b11-6+. The number of nitrogens with zero attached hydrogens (tertiary/aromatic N) is 5. The minimum absolute atomic E-state index is 0.0937. The van der Waals surface area contributed by atoms with Gasteiger partial charge >= 0.3 is 6.08 Å². The van der Waals surface area contributed by atoms with E-state index in [2.05, 4.69) is 19.7 Å². The molecule has 2 fully saturated rings. The average molecular weight is 667 g/mol. The number of carbonyl (C=O) groups excluding carboxylic acids is 2. The smallest absolute Gasteiger partial charge is 0.311 e. The maximum Gasteiger partial charge on any atom is 0.311 e. The molecule has 2 unspecified atom stereocenters. The molecule has 15 heteroatoms. The second-order valence-corrected chi connectivity index (χ2v) is 13.0. The highest BCUT2D eigenvalue weighted by molar-refractivity contribution is 7.92. The summed E-state index contributed by atoms with van der Waals surface area (Å²) in [7, 11) is -3.22. The maximum absolute atomic E-state index is 14.7. The highest BCUT2D eigenvalue weighted by Crippen LogP contribution is 2.36. The third-order valence-electron chi connectivity index (χ3n) is 8.19. The van der Waals surface area contributed by atoms with E-state index >= 15 is 0 Å². The summed E-state index contributed by atoms with van der Waals surface area (Å²) in [5.41, 5.74) is 1.22. The fraction of sp³-hybridized carbons (Fsp3) is 0.281. The predicted octanol–water partition coefficient (Wildman–Crippen LogP) is 4.63. The molecule has 0 aliphatic carbocycles. The van der Waals surface area contributed by atoms with Gasteiger partial charge in [-0.3, -0.25) is 14.3 Å². The first kappa shape index (κ1) is 31.9. The van der Waals surface area contributed by atoms with Crippen molar-refractivity contribution in [1.82, 2.24) is 19.9 Å². The number of benzene rings is 2. The molecule has 2 aromatic heterocycles. The molecule has 0 saturated carbocycles. The molecule has 1 N–H and O–H groups in total. The Bertz CT molecular complexity index is 2030. The largest absolute Gasteiger partial charge is 0.480 e. The topological polar surface area (TPSA) is 135 Å². The van der Waals surface area contributed by atoms with Crippen molar-refractivity contribution in [3.05, 3.63) is 78.5 Å². The van der Waals surface area contributed by atoms with E-state index in [9.17, 15) is 31.2 Å². The lowest BCUT2D eigenvalue weighted by Crippen LogP contribution is -2.62. The number of halogens is 3. The number of hydrogen-bond acceptors (Lipinski definition) is 9. The number of ketones is 1. The van der Waals surface area contributed by atoms with Crippen LogP contribution in [0.15, 0.2) is 65.7 Å². The van der Waals surface area contributed by atoms with E-state index in [1.807, 2.05) is 4.90 Å². The molecule has 244 valence electrons. The van der Waals surface area contributed by atoms with Gasteiger partial charge in [-0.25, -0.2) is 27.2 Å². The number of fused-ring (bicyclic) bond motifs is 3. The van der Waals surface area contributed by atoms with Crippen molar-refractivity contribution < 1.29 is 35.9 Å². The highest BCUT2D eigenvalue weighted by atomic mass is 32.2. The molecule has 1 amide bonds. The number of pyridine rings is 1. The summed E-state index contributed by atoms with van der Waals surface area (Å²) in [6.07, 6.45) is 5.49. The van der Waals surface area contributed by atoms with Gasteiger partial charge in [-0.15, -0.1) is 0 Å². The monoisotopic (exact) mass is 666 g/mol. The van der Waals surface area contributed by atoms with Gasteiger partial charge in [0.15, 0.2) is 5.78 Å². The highest BCUT2D eigenvalue weighted by Gasteiger charge is 2.40. The van der Waals surface area contributed by atoms with Crippen molar-refractivity contribution >= 4 is 44.1 Å². The van der Waals surface area contributed by atoms with Crippen LogP contribution >= 0.6 is 0 Å². The number of piperazine rings is 1. The van der Waals surface area contributed by atoms with E-state index in [-0.39, 0.29) is 35.3 Å². The lowest BCUT2D eigenvalue weighted by atomic mass is 9.90. The van der Waals surface area contributed by atoms with Crippen LogP contribution in [0.25, 0.3) is 22.0 Å². The van der Waals surface area contributed by atoms with Crippen LogP contribution in [-0.2, 0) is 19.6 Å². The molecule has 2 bridgehead atoms. The molecule has 0 spiro atoms. The molecular weight excluding hydrogens is 637 g/mol. The van der Waals surface area contributed by atoms with Gasteiger partial charge in [0, 0.05) is 54.5 Å². The Morgan fingerprint density at radius 1 is 0.979 bits per heavy atom. The first-order chi connectivity index (χ1) is 22.4. The first-order valence-electron chi connectivity index (χ1n) is 14.7. The molecule has 4 aromatic rings. The van der Waals surface area contributed by atoms with Gasteiger partial charge in [0.05, 0.1) is 12.6 Å². The number of carbonyl (C=O) groups is 2. The first-order valence-corrected chi connectivity index (χ1v) is 16.2. The second-order valence-electron chi connectivity index (χ2n) is 11.3. The Balaban J connectivity index is 1.35. The Morgan fingerprint density at radius 3 is 2.40 bits per heavy atom. The number of hydrogen-bond donors (Lipinski definition) is 1. The van der Waals surface area contributed by atoms with E-state index in [4.69, 9.17) is 4.74 Å². The van der Waals surface area contributed by atoms with E-state index in [1.54, 1.807) is 23.1 Å². The summed E-state index contributed by atoms with van der Waals surface area (Å²) in [6, 6.07) is 8.21. The number of nitrogens with one attached hydrogen (secondary N) is 1. The number of piperidine rings is 1. The number of allylic oxidation sites excluding steroid dienone is 1. The Labute approximate surface area is 268 Å². The van der Waals surface area contributed by atoms with Crippen LogP contribution in [0.4, 0.5) is 24.7 Å². The zero-order valence-corrected chi connectivity index (χ0v) is 26.1. The van der Waals surface area contributed by atoms with Crippen molar-refractivity contribution in [2.75, 3.05) is 29.8 Å². The molecule has 2 aromatic carbocycles. The summed E-state index contributed by atoms with van der Waals surface area (Å²) in [5.74, 6) is -2.41. The number of anilines is 2. The summed E-state index contributed by atoms with van der Waals surface area (Å²) in [4.78, 5) is 39.7. The van der Waals surface area contributed by atoms with Crippen LogP contribution in [0.2, 0.25) is 0 Å². The van der Waals surface area contributed by atoms with Gasteiger partial charge in [-0.2, -0.15) is 9.37 Å². The third-order valence-corrected chi connectivity index (χ3v) is 9.59. The summed E-state index contributed by atoms with van der Waals surface area (Å²) < 4.78 is 76.1. The molecule has 0 radical (unpaired) electrons. The van der Waals surface area contributed by atoms with Gasteiger partial charge in [0.25, 0.3) is 10.0 Å². The Hall–Kier alpha value is -5.05. The molecule has 2 aliphatic rings. The second kappa shape index (κ2) is 12.6. The van der Waals surface area contributed by atoms with E-state index < -0.39 is 32.6 Å². The molecule has 4 heterocycles. The minimum atomic E-state index is -4.51. The van der Waals surface area contributed by atoms with Crippen LogP contribution in [0, 0.1) is 17.7 Å². The molecule has 2 atom stereocenters. The van der Waals surface area contributed by atoms with Crippen molar-refractivity contribution in [2.24, 2.45) is 0 Å². The minimum Gasteiger partial charge on any atom is -0.480 e. The lowest BCUT2D eigenvalue weighted by molar-refractivity contribution is -0.133. The van der Waals surface area contributed by atoms with Crippen LogP contribution in [0.5, 0.6) is 5.88 Å². The van der Waals surface area contributed by atoms with E-state index in [0.717, 1.165) is 31.4 Å². The van der Waals surface area contributed by atoms with Gasteiger partial charge in [0.2, 0.25) is 11.8 Å². The molecule has 2 saturated heterocycles.